The first-order valence-corrected chi connectivity index (χ1v) is 6.73. The maximum atomic E-state index is 8.66. The Hall–Kier alpha value is 0.460. The fourth-order valence-corrected chi connectivity index (χ4v) is 0. The molecule has 0 unspecified atom stereocenters. The van der Waals surface area contributed by atoms with Crippen molar-refractivity contribution in [1.29, 1.82) is 0 Å². The molecule has 12 nitrogen and oxygen atoms in total. The SMILES string of the molecule is O=P([O-])([O-])O.O=P([O-])([O-])O.O=P([O-])([O-])O.[B+3].[B+3]. The van der Waals surface area contributed by atoms with Crippen LogP contribution in [-0.4, -0.2) is 31.5 Å². The molecule has 0 aromatic carbocycles. The Morgan fingerprint density at radius 2 is 0.529 bits per heavy atom. The molecule has 0 aromatic heterocycles. The van der Waals surface area contributed by atoms with E-state index in [1.54, 1.807) is 0 Å². The molecular formula is H3B2O12P3. The number of phosphoric acid groups is 3. The van der Waals surface area contributed by atoms with Gasteiger partial charge in [0.1, 0.15) is 0 Å². The summed E-state index contributed by atoms with van der Waals surface area (Å²) in [6.07, 6.45) is 0. The molecule has 0 radical (unpaired) electrons. The quantitative estimate of drug-likeness (QED) is 0.278. The van der Waals surface area contributed by atoms with Crippen LogP contribution in [0.3, 0.4) is 0 Å². The second-order valence-corrected chi connectivity index (χ2v) is 4.22. The Kier molecular flexibility index (Phi) is 20.7. The van der Waals surface area contributed by atoms with Crippen LogP contribution in [0.15, 0.2) is 0 Å². The third kappa shape index (κ3) is 16300. The zero-order chi connectivity index (χ0) is 13.5. The van der Waals surface area contributed by atoms with E-state index in [9.17, 15) is 0 Å². The Bertz CT molecular complexity index is 206. The Morgan fingerprint density at radius 1 is 0.529 bits per heavy atom. The Morgan fingerprint density at radius 3 is 0.529 bits per heavy atom. The summed E-state index contributed by atoms with van der Waals surface area (Å²) in [5, 5.41) is 0. The number of hydrogen-bond donors (Lipinski definition) is 3. The third-order valence-corrected chi connectivity index (χ3v) is 0. The predicted molar refractivity (Wildman–Crippen MR) is 41.0 cm³/mol. The van der Waals surface area contributed by atoms with Crippen molar-refractivity contribution in [2.75, 3.05) is 0 Å². The number of rotatable bonds is 0. The average molecular weight is 310 g/mol. The Balaban J connectivity index is -0.0000000400. The second kappa shape index (κ2) is 11.5. The van der Waals surface area contributed by atoms with Crippen molar-refractivity contribution in [2.45, 2.75) is 0 Å². The molecule has 0 amide bonds. The van der Waals surface area contributed by atoms with Gasteiger partial charge in [-0.25, -0.2) is 0 Å². The van der Waals surface area contributed by atoms with Crippen molar-refractivity contribution in [3.05, 3.63) is 0 Å². The molecular weight excluding hydrogens is 307 g/mol. The van der Waals surface area contributed by atoms with E-state index in [1.165, 1.54) is 0 Å². The van der Waals surface area contributed by atoms with E-state index < -0.39 is 23.5 Å². The molecule has 0 bridgehead atoms. The molecule has 3 N–H and O–H groups in total. The molecule has 0 aromatic rings. The first-order valence-electron chi connectivity index (χ1n) is 2.24. The van der Waals surface area contributed by atoms with E-state index in [1.807, 2.05) is 0 Å². The van der Waals surface area contributed by atoms with Crippen molar-refractivity contribution >= 4 is 40.3 Å². The van der Waals surface area contributed by atoms with Gasteiger partial charge in [-0.15, -0.1) is 0 Å². The smallest absolute Gasteiger partial charge is 0.790 e. The van der Waals surface area contributed by atoms with Gasteiger partial charge in [-0.2, -0.15) is 0 Å². The van der Waals surface area contributed by atoms with Crippen LogP contribution >= 0.6 is 23.5 Å². The van der Waals surface area contributed by atoms with Crippen molar-refractivity contribution in [3.63, 3.8) is 0 Å². The second-order valence-electron chi connectivity index (χ2n) is 1.41. The van der Waals surface area contributed by atoms with Crippen molar-refractivity contribution in [1.82, 2.24) is 0 Å². The van der Waals surface area contributed by atoms with E-state index in [0.717, 1.165) is 0 Å². The summed E-state index contributed by atoms with van der Waals surface area (Å²) in [6.45, 7) is 0. The summed E-state index contributed by atoms with van der Waals surface area (Å²) in [4.78, 5) is 72.9. The number of hydrogen-bond acceptors (Lipinski definition) is 9. The van der Waals surface area contributed by atoms with E-state index in [0.29, 0.717) is 0 Å². The molecule has 0 heterocycles. The van der Waals surface area contributed by atoms with Gasteiger partial charge < -0.3 is 57.7 Å². The minimum atomic E-state index is -5.14. The fourth-order valence-electron chi connectivity index (χ4n) is 0. The average Bonchev–Trinajstić information content (AvgIpc) is 1.41. The minimum absolute atomic E-state index is 0. The van der Waals surface area contributed by atoms with Gasteiger partial charge >= 0.3 is 16.8 Å². The maximum Gasteiger partial charge on any atom is 3.00 e. The normalized spacial score (nSPS) is 10.4. The van der Waals surface area contributed by atoms with E-state index in [4.69, 9.17) is 57.7 Å². The van der Waals surface area contributed by atoms with Crippen LogP contribution in [0, 0.1) is 0 Å². The van der Waals surface area contributed by atoms with Gasteiger partial charge in [0.25, 0.3) is 0 Å². The molecule has 96 valence electrons. The van der Waals surface area contributed by atoms with Crippen molar-refractivity contribution < 1.29 is 57.7 Å². The van der Waals surface area contributed by atoms with E-state index in [2.05, 4.69) is 0 Å². The summed E-state index contributed by atoms with van der Waals surface area (Å²) < 4.78 is 26.0. The summed E-state index contributed by atoms with van der Waals surface area (Å²) in [5.74, 6) is 0. The van der Waals surface area contributed by atoms with Gasteiger partial charge in [-0.05, 0) is 0 Å². The topological polar surface area (TPSA) is 250 Å². The predicted octanol–water partition coefficient (Wildman–Crippen LogP) is -7.34. The summed E-state index contributed by atoms with van der Waals surface area (Å²) in [7, 11) is -15.4. The van der Waals surface area contributed by atoms with Gasteiger partial charge in [0.15, 0.2) is 0 Å². The van der Waals surface area contributed by atoms with Gasteiger partial charge in [0.05, 0.1) is 23.5 Å². The van der Waals surface area contributed by atoms with Gasteiger partial charge in [0, 0.05) is 0 Å². The van der Waals surface area contributed by atoms with Crippen LogP contribution in [0.25, 0.3) is 0 Å². The molecule has 17 heteroatoms. The molecule has 0 aliphatic heterocycles. The summed E-state index contributed by atoms with van der Waals surface area (Å²) >= 11 is 0. The molecule has 17 heavy (non-hydrogen) atoms. The van der Waals surface area contributed by atoms with Crippen LogP contribution in [0.5, 0.6) is 0 Å². The molecule has 0 saturated carbocycles. The van der Waals surface area contributed by atoms with E-state index in [-0.39, 0.29) is 16.8 Å². The molecule has 0 aliphatic rings. The molecule has 0 spiro atoms. The van der Waals surface area contributed by atoms with E-state index >= 15 is 0 Å². The van der Waals surface area contributed by atoms with Crippen LogP contribution in [0.4, 0.5) is 0 Å². The Labute approximate surface area is 98.8 Å². The largest absolute Gasteiger partial charge is 3.00 e. The maximum absolute atomic E-state index is 8.66. The van der Waals surface area contributed by atoms with Crippen LogP contribution < -0.4 is 29.4 Å². The summed E-state index contributed by atoms with van der Waals surface area (Å²) in [6, 6.07) is 0. The molecule has 0 fully saturated rings. The zero-order valence-corrected chi connectivity index (χ0v) is 10.2. The van der Waals surface area contributed by atoms with Gasteiger partial charge in [-0.1, -0.05) is 0 Å². The molecule has 0 aliphatic carbocycles. The van der Waals surface area contributed by atoms with Crippen LogP contribution in [0.2, 0.25) is 0 Å². The minimum Gasteiger partial charge on any atom is -0.790 e. The zero-order valence-electron chi connectivity index (χ0n) is 7.51. The standard InChI is InChI=1S/2B.3H3O4P/c;;3*1-5(2,3)4/h;;3*(H3,1,2,3,4)/q2*+3;;;/p-6. The van der Waals surface area contributed by atoms with Gasteiger partial charge in [0.2, 0.25) is 0 Å². The molecule has 0 saturated heterocycles. The first kappa shape index (κ1) is 30.5. The first-order chi connectivity index (χ1) is 6.00. The third-order valence-electron chi connectivity index (χ3n) is 0. The molecule has 0 atom stereocenters. The van der Waals surface area contributed by atoms with Gasteiger partial charge in [-0.3, -0.25) is 0 Å². The monoisotopic (exact) mass is 310 g/mol. The fraction of sp³-hybridized carbons (Fsp3) is 0. The summed E-state index contributed by atoms with van der Waals surface area (Å²) in [5.41, 5.74) is 0. The van der Waals surface area contributed by atoms with Crippen LogP contribution in [-0.2, 0) is 13.7 Å². The van der Waals surface area contributed by atoms with Crippen molar-refractivity contribution in [3.8, 4) is 0 Å². The molecule has 0 rings (SSSR count). The van der Waals surface area contributed by atoms with Crippen molar-refractivity contribution in [2.24, 2.45) is 0 Å². The van der Waals surface area contributed by atoms with Crippen LogP contribution in [0.1, 0.15) is 0 Å².